The summed E-state index contributed by atoms with van der Waals surface area (Å²) in [5, 5.41) is 16.5. The summed E-state index contributed by atoms with van der Waals surface area (Å²) in [6.07, 6.45) is 1.84. The van der Waals surface area contributed by atoms with E-state index in [1.54, 1.807) is 17.4 Å². The summed E-state index contributed by atoms with van der Waals surface area (Å²) in [6.45, 7) is 5.63. The van der Waals surface area contributed by atoms with Crippen molar-refractivity contribution in [2.75, 3.05) is 6.54 Å². The van der Waals surface area contributed by atoms with Gasteiger partial charge in [-0.2, -0.15) is 0 Å². The van der Waals surface area contributed by atoms with Crippen molar-refractivity contribution in [3.05, 3.63) is 45.7 Å². The van der Waals surface area contributed by atoms with Gasteiger partial charge in [0, 0.05) is 17.6 Å². The minimum Gasteiger partial charge on any atom is -0.505 e. The number of hydrogen-bond acceptors (Lipinski definition) is 4. The molecule has 0 spiro atoms. The Bertz CT molecular complexity index is 663. The average Bonchev–Trinajstić information content (AvgIpc) is 2.91. The predicted molar refractivity (Wildman–Crippen MR) is 102 cm³/mol. The van der Waals surface area contributed by atoms with E-state index in [1.807, 2.05) is 20.0 Å². The smallest absolute Gasteiger partial charge is 0.191 e. The van der Waals surface area contributed by atoms with Crippen LogP contribution in [-0.2, 0) is 13.1 Å². The highest BCUT2D eigenvalue weighted by atomic mass is 127. The summed E-state index contributed by atoms with van der Waals surface area (Å²) in [7, 11) is 0. The molecule has 0 fully saturated rings. The number of aromatic hydroxyl groups is 1. The fourth-order valence-corrected chi connectivity index (χ4v) is 2.53. The average molecular weight is 450 g/mol. The number of phenols is 1. The van der Waals surface area contributed by atoms with E-state index >= 15 is 0 Å². The predicted octanol–water partition coefficient (Wildman–Crippen LogP) is 3.17. The summed E-state index contributed by atoms with van der Waals surface area (Å²) < 4.78 is 13.3. The van der Waals surface area contributed by atoms with Crippen molar-refractivity contribution >= 4 is 41.3 Å². The second kappa shape index (κ2) is 9.66. The SMILES string of the molecule is CCNC(=NCc1ccc(O)c(F)c1)NCc1ncc(C)s1.I. The van der Waals surface area contributed by atoms with E-state index in [9.17, 15) is 9.50 Å². The summed E-state index contributed by atoms with van der Waals surface area (Å²) in [4.78, 5) is 9.85. The van der Waals surface area contributed by atoms with Gasteiger partial charge < -0.3 is 15.7 Å². The monoisotopic (exact) mass is 450 g/mol. The zero-order valence-corrected chi connectivity index (χ0v) is 16.1. The standard InChI is InChI=1S/C15H19FN4OS.HI/c1-3-17-15(20-9-14-18-7-10(2)22-14)19-8-11-4-5-13(21)12(16)6-11;/h4-7,21H,3,8-9H2,1-2H3,(H2,17,19,20);1H. The van der Waals surface area contributed by atoms with Crippen LogP contribution in [0.2, 0.25) is 0 Å². The zero-order chi connectivity index (χ0) is 15.9. The van der Waals surface area contributed by atoms with Gasteiger partial charge in [-0.05, 0) is 31.5 Å². The molecule has 1 aromatic heterocycles. The molecular formula is C15H20FIN4OS. The molecule has 2 rings (SSSR count). The number of thiazole rings is 1. The Balaban J connectivity index is 0.00000264. The Labute approximate surface area is 156 Å². The van der Waals surface area contributed by atoms with E-state index < -0.39 is 5.82 Å². The largest absolute Gasteiger partial charge is 0.505 e. The van der Waals surface area contributed by atoms with E-state index in [4.69, 9.17) is 0 Å². The molecule has 5 nitrogen and oxygen atoms in total. The first kappa shape index (κ1) is 19.6. The molecular weight excluding hydrogens is 430 g/mol. The number of guanidine groups is 1. The zero-order valence-electron chi connectivity index (χ0n) is 13.0. The van der Waals surface area contributed by atoms with Crippen LogP contribution in [0, 0.1) is 12.7 Å². The molecule has 0 atom stereocenters. The summed E-state index contributed by atoms with van der Waals surface area (Å²) in [5.41, 5.74) is 0.692. The maximum absolute atomic E-state index is 13.3. The fourth-order valence-electron chi connectivity index (χ4n) is 1.80. The van der Waals surface area contributed by atoms with Gasteiger partial charge in [0.15, 0.2) is 17.5 Å². The Morgan fingerprint density at radius 2 is 2.17 bits per heavy atom. The van der Waals surface area contributed by atoms with Gasteiger partial charge in [-0.3, -0.25) is 0 Å². The van der Waals surface area contributed by atoms with Gasteiger partial charge in [0.05, 0.1) is 13.1 Å². The first-order chi connectivity index (χ1) is 10.6. The number of aliphatic imine (C=N–C) groups is 1. The molecule has 0 aliphatic carbocycles. The van der Waals surface area contributed by atoms with Crippen LogP contribution < -0.4 is 10.6 Å². The van der Waals surface area contributed by atoms with Crippen molar-refractivity contribution in [3.63, 3.8) is 0 Å². The maximum atomic E-state index is 13.3. The van der Waals surface area contributed by atoms with Gasteiger partial charge in [-0.15, -0.1) is 35.3 Å². The molecule has 1 aromatic carbocycles. The Hall–Kier alpha value is -1.42. The first-order valence-electron chi connectivity index (χ1n) is 6.99. The molecule has 0 aliphatic rings. The van der Waals surface area contributed by atoms with Crippen molar-refractivity contribution in [3.8, 4) is 5.75 Å². The van der Waals surface area contributed by atoms with E-state index in [0.717, 1.165) is 11.6 Å². The Morgan fingerprint density at radius 1 is 1.39 bits per heavy atom. The van der Waals surface area contributed by atoms with Crippen LogP contribution in [0.4, 0.5) is 4.39 Å². The number of halogens is 2. The van der Waals surface area contributed by atoms with Crippen LogP contribution >= 0.6 is 35.3 Å². The molecule has 0 bridgehead atoms. The molecule has 23 heavy (non-hydrogen) atoms. The van der Waals surface area contributed by atoms with Crippen molar-refractivity contribution in [2.24, 2.45) is 4.99 Å². The maximum Gasteiger partial charge on any atom is 0.191 e. The van der Waals surface area contributed by atoms with Crippen molar-refractivity contribution in [1.29, 1.82) is 0 Å². The fraction of sp³-hybridized carbons (Fsp3) is 0.333. The van der Waals surface area contributed by atoms with E-state index in [0.29, 0.717) is 24.6 Å². The molecule has 2 aromatic rings. The number of benzene rings is 1. The molecule has 0 saturated carbocycles. The van der Waals surface area contributed by atoms with Gasteiger partial charge >= 0.3 is 0 Å². The third kappa shape index (κ3) is 6.30. The topological polar surface area (TPSA) is 69.5 Å². The number of nitrogens with zero attached hydrogens (tertiary/aromatic N) is 2. The van der Waals surface area contributed by atoms with Crippen LogP contribution in [0.15, 0.2) is 29.4 Å². The number of aromatic nitrogens is 1. The minimum atomic E-state index is -0.635. The molecule has 0 aliphatic heterocycles. The lowest BCUT2D eigenvalue weighted by atomic mass is 10.2. The number of aryl methyl sites for hydroxylation is 1. The highest BCUT2D eigenvalue weighted by molar-refractivity contribution is 14.0. The minimum absolute atomic E-state index is 0. The summed E-state index contributed by atoms with van der Waals surface area (Å²) in [5.74, 6) is -0.343. The van der Waals surface area contributed by atoms with Gasteiger partial charge in [-0.1, -0.05) is 6.07 Å². The molecule has 3 N–H and O–H groups in total. The molecule has 1 heterocycles. The molecule has 0 amide bonds. The van der Waals surface area contributed by atoms with Crippen molar-refractivity contribution < 1.29 is 9.50 Å². The normalized spacial score (nSPS) is 11.0. The highest BCUT2D eigenvalue weighted by Crippen LogP contribution is 2.16. The van der Waals surface area contributed by atoms with Gasteiger partial charge in [0.25, 0.3) is 0 Å². The number of phenolic OH excluding ortho intramolecular Hbond substituents is 1. The summed E-state index contributed by atoms with van der Waals surface area (Å²) in [6, 6.07) is 4.27. The van der Waals surface area contributed by atoms with Gasteiger partial charge in [0.1, 0.15) is 5.01 Å². The first-order valence-corrected chi connectivity index (χ1v) is 7.81. The second-order valence-electron chi connectivity index (χ2n) is 4.70. The molecule has 0 unspecified atom stereocenters. The van der Waals surface area contributed by atoms with Crippen molar-refractivity contribution in [2.45, 2.75) is 26.9 Å². The van der Waals surface area contributed by atoms with Crippen molar-refractivity contribution in [1.82, 2.24) is 15.6 Å². The van der Waals surface area contributed by atoms with E-state index in [2.05, 4.69) is 20.6 Å². The van der Waals surface area contributed by atoms with Crippen LogP contribution in [0.1, 0.15) is 22.4 Å². The third-order valence-electron chi connectivity index (χ3n) is 2.85. The Kier molecular flexibility index (Phi) is 8.24. The number of rotatable bonds is 5. The number of nitrogens with one attached hydrogen (secondary N) is 2. The Morgan fingerprint density at radius 3 is 2.78 bits per heavy atom. The van der Waals surface area contributed by atoms with E-state index in [1.165, 1.54) is 17.0 Å². The van der Waals surface area contributed by atoms with Gasteiger partial charge in [0.2, 0.25) is 0 Å². The number of hydrogen-bond donors (Lipinski definition) is 3. The quantitative estimate of drug-likeness (QED) is 0.372. The molecule has 0 saturated heterocycles. The van der Waals surface area contributed by atoms with Crippen LogP contribution in [0.3, 0.4) is 0 Å². The highest BCUT2D eigenvalue weighted by Gasteiger charge is 2.03. The lowest BCUT2D eigenvalue weighted by Gasteiger charge is -2.10. The van der Waals surface area contributed by atoms with Crippen LogP contribution in [0.25, 0.3) is 0 Å². The van der Waals surface area contributed by atoms with Crippen LogP contribution in [-0.4, -0.2) is 22.6 Å². The third-order valence-corrected chi connectivity index (χ3v) is 3.77. The lowest BCUT2D eigenvalue weighted by molar-refractivity contribution is 0.432. The lowest BCUT2D eigenvalue weighted by Crippen LogP contribution is -2.36. The van der Waals surface area contributed by atoms with Crippen LogP contribution in [0.5, 0.6) is 5.75 Å². The molecule has 8 heteroatoms. The molecule has 0 radical (unpaired) electrons. The summed E-state index contributed by atoms with van der Waals surface area (Å²) >= 11 is 1.63. The second-order valence-corrected chi connectivity index (χ2v) is 6.02. The molecule has 126 valence electrons. The van der Waals surface area contributed by atoms with E-state index in [-0.39, 0.29) is 29.7 Å². The van der Waals surface area contributed by atoms with Gasteiger partial charge in [-0.25, -0.2) is 14.4 Å².